The molecule has 5 rings (SSSR count). The molecule has 1 unspecified atom stereocenters. The number of halogens is 1. The molecule has 0 saturated carbocycles. The van der Waals surface area contributed by atoms with Gasteiger partial charge < -0.3 is 13.9 Å². The van der Waals surface area contributed by atoms with Gasteiger partial charge in [-0.15, -0.1) is 0 Å². The summed E-state index contributed by atoms with van der Waals surface area (Å²) in [7, 11) is 2.99. The summed E-state index contributed by atoms with van der Waals surface area (Å²) >= 11 is 0. The Morgan fingerprint density at radius 3 is 2.47 bits per heavy atom. The van der Waals surface area contributed by atoms with Crippen LogP contribution >= 0.6 is 0 Å². The minimum absolute atomic E-state index is 0.0397. The van der Waals surface area contributed by atoms with E-state index < -0.39 is 23.2 Å². The van der Waals surface area contributed by atoms with Gasteiger partial charge in [0.25, 0.3) is 5.91 Å². The Balaban J connectivity index is 1.82. The summed E-state index contributed by atoms with van der Waals surface area (Å²) in [4.78, 5) is 36.5. The van der Waals surface area contributed by atoms with Crippen molar-refractivity contribution in [2.45, 2.75) is 6.04 Å². The first-order chi connectivity index (χ1) is 15.5. The second-order valence-electron chi connectivity index (χ2n) is 7.06. The average Bonchev–Trinajstić information content (AvgIpc) is 3.12. The Morgan fingerprint density at radius 1 is 1.00 bits per heavy atom. The van der Waals surface area contributed by atoms with E-state index in [1.165, 1.54) is 43.6 Å². The zero-order chi connectivity index (χ0) is 22.4. The van der Waals surface area contributed by atoms with Crippen LogP contribution in [0.4, 0.5) is 10.3 Å². The summed E-state index contributed by atoms with van der Waals surface area (Å²) < 4.78 is 30.4. The summed E-state index contributed by atoms with van der Waals surface area (Å²) in [5, 5.41) is 0.0397. The van der Waals surface area contributed by atoms with Gasteiger partial charge in [0, 0.05) is 12.4 Å². The van der Waals surface area contributed by atoms with Crippen molar-refractivity contribution >= 4 is 22.8 Å². The second kappa shape index (κ2) is 7.45. The molecular formula is C23H16FN3O5. The van der Waals surface area contributed by atoms with Crippen molar-refractivity contribution < 1.29 is 23.1 Å². The number of fused-ring (bicyclic) bond motifs is 2. The van der Waals surface area contributed by atoms with Crippen molar-refractivity contribution in [3.8, 4) is 11.5 Å². The van der Waals surface area contributed by atoms with Gasteiger partial charge in [0.15, 0.2) is 16.9 Å². The monoisotopic (exact) mass is 433 g/mol. The fraction of sp³-hybridized carbons (Fsp3) is 0.130. The third-order valence-corrected chi connectivity index (χ3v) is 5.32. The average molecular weight is 433 g/mol. The van der Waals surface area contributed by atoms with Gasteiger partial charge in [-0.1, -0.05) is 6.07 Å². The van der Waals surface area contributed by atoms with Crippen LogP contribution < -0.4 is 19.8 Å². The van der Waals surface area contributed by atoms with Crippen LogP contribution in [0.5, 0.6) is 11.5 Å². The predicted octanol–water partition coefficient (Wildman–Crippen LogP) is 3.49. The molecule has 32 heavy (non-hydrogen) atoms. The number of carbonyl (C=O) groups excluding carboxylic acids is 1. The molecule has 1 aliphatic heterocycles. The number of benzene rings is 2. The third kappa shape index (κ3) is 2.89. The number of anilines is 1. The first kappa shape index (κ1) is 19.7. The molecule has 0 N–H and O–H groups in total. The SMILES string of the molecule is COc1ccc(C2c3c(oc4ccc(F)cc4c3=O)C(=O)N2c2ncccn2)cc1OC. The molecule has 9 heteroatoms. The van der Waals surface area contributed by atoms with Crippen LogP contribution in [0.1, 0.15) is 27.7 Å². The van der Waals surface area contributed by atoms with Gasteiger partial charge >= 0.3 is 0 Å². The molecule has 0 radical (unpaired) electrons. The highest BCUT2D eigenvalue weighted by atomic mass is 19.1. The van der Waals surface area contributed by atoms with Gasteiger partial charge in [-0.25, -0.2) is 14.4 Å². The maximum absolute atomic E-state index is 13.9. The molecule has 1 amide bonds. The Morgan fingerprint density at radius 2 is 1.75 bits per heavy atom. The van der Waals surface area contributed by atoms with E-state index in [-0.39, 0.29) is 28.2 Å². The number of aromatic nitrogens is 2. The van der Waals surface area contributed by atoms with Crippen LogP contribution in [0.3, 0.4) is 0 Å². The van der Waals surface area contributed by atoms with Crippen molar-refractivity contribution in [1.82, 2.24) is 9.97 Å². The quantitative estimate of drug-likeness (QED) is 0.486. The minimum atomic E-state index is -0.913. The molecule has 0 spiro atoms. The summed E-state index contributed by atoms with van der Waals surface area (Å²) in [6.45, 7) is 0. The van der Waals surface area contributed by atoms with Gasteiger partial charge in [-0.3, -0.25) is 14.5 Å². The van der Waals surface area contributed by atoms with Crippen LogP contribution in [0, 0.1) is 5.82 Å². The maximum Gasteiger partial charge on any atom is 0.297 e. The van der Waals surface area contributed by atoms with Crippen molar-refractivity contribution in [2.24, 2.45) is 0 Å². The molecule has 8 nitrogen and oxygen atoms in total. The number of methoxy groups -OCH3 is 2. The third-order valence-electron chi connectivity index (χ3n) is 5.32. The predicted molar refractivity (Wildman–Crippen MR) is 113 cm³/mol. The largest absolute Gasteiger partial charge is 0.493 e. The van der Waals surface area contributed by atoms with Crippen molar-refractivity contribution in [1.29, 1.82) is 0 Å². The smallest absolute Gasteiger partial charge is 0.297 e. The Kier molecular flexibility index (Phi) is 4.58. The van der Waals surface area contributed by atoms with Crippen LogP contribution in [-0.4, -0.2) is 30.1 Å². The van der Waals surface area contributed by atoms with E-state index in [0.717, 1.165) is 6.07 Å². The molecule has 2 aromatic heterocycles. The van der Waals surface area contributed by atoms with E-state index in [1.807, 2.05) is 0 Å². The molecule has 0 aliphatic carbocycles. The van der Waals surface area contributed by atoms with E-state index >= 15 is 0 Å². The fourth-order valence-corrected chi connectivity index (χ4v) is 3.91. The second-order valence-corrected chi connectivity index (χ2v) is 7.06. The molecule has 0 bridgehead atoms. The number of rotatable bonds is 4. The molecule has 0 fully saturated rings. The topological polar surface area (TPSA) is 94.8 Å². The lowest BCUT2D eigenvalue weighted by atomic mass is 9.98. The van der Waals surface area contributed by atoms with Gasteiger partial charge in [0.2, 0.25) is 11.7 Å². The highest BCUT2D eigenvalue weighted by Gasteiger charge is 2.45. The van der Waals surface area contributed by atoms with E-state index in [0.29, 0.717) is 17.1 Å². The minimum Gasteiger partial charge on any atom is -0.493 e. The van der Waals surface area contributed by atoms with E-state index in [2.05, 4.69) is 9.97 Å². The number of hydrogen-bond donors (Lipinski definition) is 0. The summed E-state index contributed by atoms with van der Waals surface area (Å²) in [6.07, 6.45) is 2.98. The molecule has 160 valence electrons. The molecule has 1 atom stereocenters. The van der Waals surface area contributed by atoms with Crippen LogP contribution in [-0.2, 0) is 0 Å². The van der Waals surface area contributed by atoms with Gasteiger partial charge in [-0.2, -0.15) is 0 Å². The summed E-state index contributed by atoms with van der Waals surface area (Å²) in [5.41, 5.74) is 0.232. The zero-order valence-electron chi connectivity index (χ0n) is 17.0. The molecular weight excluding hydrogens is 417 g/mol. The molecule has 1 aliphatic rings. The highest BCUT2D eigenvalue weighted by Crippen LogP contribution is 2.42. The first-order valence-corrected chi connectivity index (χ1v) is 9.62. The molecule has 2 aromatic carbocycles. The van der Waals surface area contributed by atoms with Crippen LogP contribution in [0.15, 0.2) is 64.1 Å². The normalized spacial score (nSPS) is 15.2. The number of ether oxygens (including phenoxy) is 2. The van der Waals surface area contributed by atoms with E-state index in [9.17, 15) is 14.0 Å². The van der Waals surface area contributed by atoms with Gasteiger partial charge in [0.05, 0.1) is 31.2 Å². The number of nitrogens with zero attached hydrogens (tertiary/aromatic N) is 3. The lowest BCUT2D eigenvalue weighted by molar-refractivity contribution is 0.0969. The number of carbonyl (C=O) groups is 1. The molecule has 0 saturated heterocycles. The van der Waals surface area contributed by atoms with Crippen molar-refractivity contribution in [2.75, 3.05) is 19.1 Å². The fourth-order valence-electron chi connectivity index (χ4n) is 3.91. The lowest BCUT2D eigenvalue weighted by Gasteiger charge is -2.23. The van der Waals surface area contributed by atoms with Crippen molar-refractivity contribution in [3.63, 3.8) is 0 Å². The lowest BCUT2D eigenvalue weighted by Crippen LogP contribution is -2.31. The maximum atomic E-state index is 13.9. The van der Waals surface area contributed by atoms with Crippen LogP contribution in [0.25, 0.3) is 11.0 Å². The van der Waals surface area contributed by atoms with E-state index in [1.54, 1.807) is 24.3 Å². The first-order valence-electron chi connectivity index (χ1n) is 9.62. The zero-order valence-corrected chi connectivity index (χ0v) is 17.0. The summed E-state index contributed by atoms with van der Waals surface area (Å²) in [5.74, 6) is -0.305. The number of hydrogen-bond acceptors (Lipinski definition) is 7. The molecule has 3 heterocycles. The van der Waals surface area contributed by atoms with Crippen LogP contribution in [0.2, 0.25) is 0 Å². The van der Waals surface area contributed by atoms with Gasteiger partial charge in [0.1, 0.15) is 11.4 Å². The standard InChI is InChI=1S/C23H16FN3O5/c1-30-16-6-4-12(10-17(16)31-2)19-18-20(28)14-11-13(24)5-7-15(14)32-21(18)22(29)27(19)23-25-8-3-9-26-23/h3-11,19H,1-2H3. The highest BCUT2D eigenvalue weighted by molar-refractivity contribution is 6.09. The number of amides is 1. The van der Waals surface area contributed by atoms with E-state index in [4.69, 9.17) is 13.9 Å². The van der Waals surface area contributed by atoms with Crippen molar-refractivity contribution in [3.05, 3.63) is 87.8 Å². The molecule has 4 aromatic rings. The Bertz CT molecular complexity index is 1420. The summed E-state index contributed by atoms with van der Waals surface area (Å²) in [6, 6.07) is 9.33. The Labute approximate surface area is 180 Å². The van der Waals surface area contributed by atoms with Gasteiger partial charge in [-0.05, 0) is 42.0 Å². The Hall–Kier alpha value is -4.27.